The molecule has 96 valence electrons. The molecule has 0 spiro atoms. The van der Waals surface area contributed by atoms with Crippen molar-refractivity contribution in [3.63, 3.8) is 0 Å². The van der Waals surface area contributed by atoms with Gasteiger partial charge in [0.25, 0.3) is 0 Å². The fraction of sp³-hybridized carbons (Fsp3) is 0.833. The minimum Gasteiger partial charge on any atom is -0.463 e. The van der Waals surface area contributed by atoms with Crippen molar-refractivity contribution in [3.05, 3.63) is 0 Å². The summed E-state index contributed by atoms with van der Waals surface area (Å²) in [5.41, 5.74) is 0. The van der Waals surface area contributed by atoms with Gasteiger partial charge in [-0.1, -0.05) is 13.8 Å². The third-order valence-electron chi connectivity index (χ3n) is 3.61. The van der Waals surface area contributed by atoms with E-state index in [0.29, 0.717) is 11.8 Å². The van der Waals surface area contributed by atoms with E-state index in [1.54, 1.807) is 0 Å². The second kappa shape index (κ2) is 4.64. The molecule has 5 heteroatoms. The number of carbonyl (C=O) groups excluding carboxylic acids is 1. The van der Waals surface area contributed by atoms with Crippen LogP contribution in [-0.2, 0) is 19.0 Å². The minimum absolute atomic E-state index is 0.0681. The van der Waals surface area contributed by atoms with Gasteiger partial charge in [-0.05, 0) is 11.8 Å². The highest BCUT2D eigenvalue weighted by atomic mass is 16.7. The number of esters is 1. The van der Waals surface area contributed by atoms with Gasteiger partial charge in [-0.15, -0.1) is 0 Å². The molecule has 1 fully saturated rings. The molecular weight excluding hydrogens is 222 g/mol. The molecule has 17 heavy (non-hydrogen) atoms. The van der Waals surface area contributed by atoms with Crippen molar-refractivity contribution in [3.8, 4) is 0 Å². The number of hydrogen-bond donors (Lipinski definition) is 0. The highest BCUT2D eigenvalue weighted by Crippen LogP contribution is 2.36. The summed E-state index contributed by atoms with van der Waals surface area (Å²) in [4.78, 5) is 15.3. The van der Waals surface area contributed by atoms with Gasteiger partial charge in [0, 0.05) is 13.8 Å². The number of hydrogen-bond acceptors (Lipinski definition) is 5. The molecular formula is C12H19NO4. The van der Waals surface area contributed by atoms with Crippen LogP contribution >= 0.6 is 0 Å². The molecule has 0 aliphatic carbocycles. The fourth-order valence-corrected chi connectivity index (χ4v) is 2.35. The summed E-state index contributed by atoms with van der Waals surface area (Å²) in [6.45, 7) is 7.75. The van der Waals surface area contributed by atoms with Gasteiger partial charge in [-0.3, -0.25) is 4.79 Å². The van der Waals surface area contributed by atoms with Gasteiger partial charge >= 0.3 is 5.97 Å². The largest absolute Gasteiger partial charge is 0.463 e. The Hall–Kier alpha value is -1.10. The molecule has 0 N–H and O–H groups in total. The van der Waals surface area contributed by atoms with Crippen LogP contribution in [0.3, 0.4) is 0 Å². The highest BCUT2D eigenvalue weighted by Gasteiger charge is 2.45. The Morgan fingerprint density at radius 1 is 1.41 bits per heavy atom. The molecule has 0 saturated carbocycles. The molecule has 2 heterocycles. The number of fused-ring (bicyclic) bond motifs is 1. The standard InChI is InChI=1S/C12H19NO4/c1-6-7(2)11-12(16-8(3)13-11)17-10(6)5-15-9(4)14/h6-7,10-12H,5H2,1-4H3. The molecule has 0 radical (unpaired) electrons. The molecule has 0 amide bonds. The molecule has 5 unspecified atom stereocenters. The highest BCUT2D eigenvalue weighted by molar-refractivity contribution is 5.75. The smallest absolute Gasteiger partial charge is 0.302 e. The first-order valence-electron chi connectivity index (χ1n) is 5.99. The predicted molar refractivity (Wildman–Crippen MR) is 61.6 cm³/mol. The third-order valence-corrected chi connectivity index (χ3v) is 3.61. The zero-order valence-corrected chi connectivity index (χ0v) is 10.7. The van der Waals surface area contributed by atoms with E-state index in [1.165, 1.54) is 6.92 Å². The van der Waals surface area contributed by atoms with Gasteiger partial charge in [-0.2, -0.15) is 0 Å². The van der Waals surface area contributed by atoms with Crippen LogP contribution in [0.25, 0.3) is 0 Å². The van der Waals surface area contributed by atoms with E-state index in [-0.39, 0.29) is 36.9 Å². The summed E-state index contributed by atoms with van der Waals surface area (Å²) < 4.78 is 16.3. The van der Waals surface area contributed by atoms with Gasteiger partial charge in [-0.25, -0.2) is 4.99 Å². The van der Waals surface area contributed by atoms with E-state index < -0.39 is 0 Å². The Kier molecular flexibility index (Phi) is 3.38. The monoisotopic (exact) mass is 241 g/mol. The molecule has 2 aliphatic heterocycles. The first-order valence-corrected chi connectivity index (χ1v) is 5.99. The number of carbonyl (C=O) groups is 1. The lowest BCUT2D eigenvalue weighted by molar-refractivity contribution is -0.202. The Balaban J connectivity index is 2.01. The molecule has 2 aliphatic rings. The van der Waals surface area contributed by atoms with E-state index in [9.17, 15) is 4.79 Å². The number of ether oxygens (including phenoxy) is 3. The van der Waals surface area contributed by atoms with E-state index in [4.69, 9.17) is 14.2 Å². The number of aliphatic imine (C=N–C) groups is 1. The first-order chi connectivity index (χ1) is 7.99. The lowest BCUT2D eigenvalue weighted by atomic mass is 9.83. The van der Waals surface area contributed by atoms with E-state index >= 15 is 0 Å². The number of nitrogens with zero attached hydrogens (tertiary/aromatic N) is 1. The van der Waals surface area contributed by atoms with Gasteiger partial charge in [0.1, 0.15) is 12.6 Å². The van der Waals surface area contributed by atoms with Crippen LogP contribution in [0.4, 0.5) is 0 Å². The average Bonchev–Trinajstić information content (AvgIpc) is 2.62. The molecule has 5 nitrogen and oxygen atoms in total. The van der Waals surface area contributed by atoms with Crippen LogP contribution in [0.1, 0.15) is 27.7 Å². The van der Waals surface area contributed by atoms with Crippen LogP contribution in [0.2, 0.25) is 0 Å². The minimum atomic E-state index is -0.318. The van der Waals surface area contributed by atoms with Crippen LogP contribution in [0.15, 0.2) is 4.99 Å². The van der Waals surface area contributed by atoms with Crippen molar-refractivity contribution < 1.29 is 19.0 Å². The second-order valence-corrected chi connectivity index (χ2v) is 4.82. The molecule has 0 aromatic rings. The first kappa shape index (κ1) is 12.4. The summed E-state index contributed by atoms with van der Waals surface area (Å²) in [5, 5.41) is 0. The Morgan fingerprint density at radius 2 is 2.12 bits per heavy atom. The van der Waals surface area contributed by atoms with Crippen LogP contribution in [0, 0.1) is 11.8 Å². The zero-order valence-electron chi connectivity index (χ0n) is 10.7. The Bertz CT molecular complexity index is 341. The van der Waals surface area contributed by atoms with E-state index in [1.807, 2.05) is 6.92 Å². The van der Waals surface area contributed by atoms with Crippen molar-refractivity contribution in [1.29, 1.82) is 0 Å². The summed E-state index contributed by atoms with van der Waals surface area (Å²) in [6, 6.07) is 0.0681. The van der Waals surface area contributed by atoms with Crippen molar-refractivity contribution in [1.82, 2.24) is 0 Å². The molecule has 0 aromatic heterocycles. The summed E-state index contributed by atoms with van der Waals surface area (Å²) in [5.74, 6) is 1.03. The van der Waals surface area contributed by atoms with Crippen molar-refractivity contribution >= 4 is 11.9 Å². The quantitative estimate of drug-likeness (QED) is 0.685. The van der Waals surface area contributed by atoms with Crippen molar-refractivity contribution in [2.75, 3.05) is 6.61 Å². The third kappa shape index (κ3) is 2.44. The molecule has 1 saturated heterocycles. The van der Waals surface area contributed by atoms with E-state index in [2.05, 4.69) is 18.8 Å². The average molecular weight is 241 g/mol. The maximum atomic E-state index is 10.8. The lowest BCUT2D eigenvalue weighted by Gasteiger charge is -2.39. The fourth-order valence-electron chi connectivity index (χ4n) is 2.35. The maximum Gasteiger partial charge on any atom is 0.302 e. The molecule has 0 bridgehead atoms. The number of rotatable bonds is 2. The molecule has 5 atom stereocenters. The van der Waals surface area contributed by atoms with Gasteiger partial charge in [0.15, 0.2) is 5.90 Å². The van der Waals surface area contributed by atoms with Crippen molar-refractivity contribution in [2.45, 2.75) is 46.1 Å². The van der Waals surface area contributed by atoms with Crippen LogP contribution in [0.5, 0.6) is 0 Å². The lowest BCUT2D eigenvalue weighted by Crippen LogP contribution is -2.49. The molecule has 0 aromatic carbocycles. The van der Waals surface area contributed by atoms with Gasteiger partial charge < -0.3 is 14.2 Å². The summed E-state index contributed by atoms with van der Waals surface area (Å²) >= 11 is 0. The zero-order chi connectivity index (χ0) is 12.6. The second-order valence-electron chi connectivity index (χ2n) is 4.82. The van der Waals surface area contributed by atoms with Gasteiger partial charge in [0.05, 0.1) is 6.10 Å². The van der Waals surface area contributed by atoms with E-state index in [0.717, 1.165) is 0 Å². The summed E-state index contributed by atoms with van der Waals surface area (Å²) in [7, 11) is 0. The predicted octanol–water partition coefficient (Wildman–Crippen LogP) is 1.36. The van der Waals surface area contributed by atoms with Crippen LogP contribution in [-0.4, -0.2) is 36.9 Å². The topological polar surface area (TPSA) is 57.1 Å². The van der Waals surface area contributed by atoms with Gasteiger partial charge in [0.2, 0.25) is 6.29 Å². The van der Waals surface area contributed by atoms with Crippen LogP contribution < -0.4 is 0 Å². The van der Waals surface area contributed by atoms with Crippen molar-refractivity contribution in [2.24, 2.45) is 16.8 Å². The Labute approximate surface area is 101 Å². The summed E-state index contributed by atoms with van der Waals surface area (Å²) in [6.07, 6.45) is -0.432. The molecule has 2 rings (SSSR count). The normalized spacial score (nSPS) is 40.2. The maximum absolute atomic E-state index is 10.8. The SMILES string of the molecule is CC(=O)OCC1OC2OC(C)=NC2C(C)C1C. The Morgan fingerprint density at radius 3 is 2.76 bits per heavy atom.